The highest BCUT2D eigenvalue weighted by molar-refractivity contribution is 5.28. The molecule has 0 saturated carbocycles. The summed E-state index contributed by atoms with van der Waals surface area (Å²) in [6.45, 7) is 10.6. The zero-order valence-corrected chi connectivity index (χ0v) is 13.1. The van der Waals surface area contributed by atoms with E-state index in [1.54, 1.807) is 0 Å². The van der Waals surface area contributed by atoms with Crippen molar-refractivity contribution >= 4 is 0 Å². The summed E-state index contributed by atoms with van der Waals surface area (Å²) in [7, 11) is 0. The molecule has 21 heavy (non-hydrogen) atoms. The van der Waals surface area contributed by atoms with E-state index in [-0.39, 0.29) is 6.04 Å². The number of nitriles is 1. The molecule has 0 spiro atoms. The minimum Gasteiger partial charge on any atom is -0.379 e. The van der Waals surface area contributed by atoms with E-state index < -0.39 is 0 Å². The first-order valence-corrected chi connectivity index (χ1v) is 7.81. The third-order valence-electron chi connectivity index (χ3n) is 4.13. The van der Waals surface area contributed by atoms with Crippen molar-refractivity contribution in [3.63, 3.8) is 0 Å². The molecule has 0 amide bonds. The average molecular weight is 287 g/mol. The van der Waals surface area contributed by atoms with Crippen LogP contribution in [0, 0.1) is 11.3 Å². The van der Waals surface area contributed by atoms with Crippen LogP contribution in [0.15, 0.2) is 24.3 Å². The normalized spacial score (nSPS) is 17.6. The number of hydrogen-bond donors (Lipinski definition) is 0. The van der Waals surface area contributed by atoms with Crippen LogP contribution in [0.4, 0.5) is 0 Å². The molecule has 2 rings (SSSR count). The quantitative estimate of drug-likeness (QED) is 0.805. The summed E-state index contributed by atoms with van der Waals surface area (Å²) in [6, 6.07) is 10.8. The van der Waals surface area contributed by atoms with Gasteiger partial charge in [0.15, 0.2) is 0 Å². The molecule has 4 nitrogen and oxygen atoms in total. The van der Waals surface area contributed by atoms with Gasteiger partial charge in [0.2, 0.25) is 0 Å². The molecule has 0 aromatic heterocycles. The van der Waals surface area contributed by atoms with Crippen molar-refractivity contribution in [3.05, 3.63) is 35.4 Å². The number of rotatable bonds is 6. The van der Waals surface area contributed by atoms with Crippen LogP contribution < -0.4 is 0 Å². The first-order chi connectivity index (χ1) is 10.3. The SMILES string of the molecule is CCN(CC)Cc1ccc(C(C#N)N2CCOCC2)cc1. The van der Waals surface area contributed by atoms with E-state index in [1.165, 1.54) is 5.56 Å². The lowest BCUT2D eigenvalue weighted by Crippen LogP contribution is -2.38. The molecule has 1 heterocycles. The summed E-state index contributed by atoms with van der Waals surface area (Å²) in [5.74, 6) is 0. The molecule has 1 aliphatic heterocycles. The Bertz CT molecular complexity index is 456. The molecule has 0 aliphatic carbocycles. The number of benzene rings is 1. The minimum absolute atomic E-state index is 0.156. The predicted molar refractivity (Wildman–Crippen MR) is 83.8 cm³/mol. The van der Waals surface area contributed by atoms with Crippen LogP contribution in [-0.2, 0) is 11.3 Å². The van der Waals surface area contributed by atoms with Gasteiger partial charge in [-0.25, -0.2) is 0 Å². The number of hydrogen-bond acceptors (Lipinski definition) is 4. The van der Waals surface area contributed by atoms with Crippen LogP contribution in [-0.4, -0.2) is 49.2 Å². The Kier molecular flexibility index (Phi) is 6.19. The van der Waals surface area contributed by atoms with Gasteiger partial charge in [-0.05, 0) is 24.2 Å². The Morgan fingerprint density at radius 1 is 1.19 bits per heavy atom. The molecule has 4 heteroatoms. The van der Waals surface area contributed by atoms with E-state index in [9.17, 15) is 5.26 Å². The molecule has 114 valence electrons. The van der Waals surface area contributed by atoms with Crippen molar-refractivity contribution in [2.75, 3.05) is 39.4 Å². The fraction of sp³-hybridized carbons (Fsp3) is 0.588. The second-order valence-corrected chi connectivity index (χ2v) is 5.38. The minimum atomic E-state index is -0.156. The third-order valence-corrected chi connectivity index (χ3v) is 4.13. The van der Waals surface area contributed by atoms with Gasteiger partial charge in [-0.1, -0.05) is 38.1 Å². The zero-order chi connectivity index (χ0) is 15.1. The fourth-order valence-electron chi connectivity index (χ4n) is 2.71. The molecule has 1 unspecified atom stereocenters. The van der Waals surface area contributed by atoms with Crippen LogP contribution in [0.5, 0.6) is 0 Å². The summed E-state index contributed by atoms with van der Waals surface area (Å²) in [5.41, 5.74) is 2.39. The maximum Gasteiger partial charge on any atom is 0.124 e. The Morgan fingerprint density at radius 3 is 2.33 bits per heavy atom. The van der Waals surface area contributed by atoms with E-state index in [0.717, 1.165) is 51.5 Å². The number of morpholine rings is 1. The maximum atomic E-state index is 9.48. The largest absolute Gasteiger partial charge is 0.379 e. The maximum absolute atomic E-state index is 9.48. The summed E-state index contributed by atoms with van der Waals surface area (Å²) < 4.78 is 5.36. The summed E-state index contributed by atoms with van der Waals surface area (Å²) in [6.07, 6.45) is 0. The van der Waals surface area contributed by atoms with E-state index in [4.69, 9.17) is 4.74 Å². The van der Waals surface area contributed by atoms with Crippen molar-refractivity contribution < 1.29 is 4.74 Å². The first-order valence-electron chi connectivity index (χ1n) is 7.81. The van der Waals surface area contributed by atoms with E-state index >= 15 is 0 Å². The van der Waals surface area contributed by atoms with Crippen LogP contribution in [0.2, 0.25) is 0 Å². The molecular formula is C17H25N3O. The second kappa shape index (κ2) is 8.14. The highest BCUT2D eigenvalue weighted by atomic mass is 16.5. The van der Waals surface area contributed by atoms with Gasteiger partial charge in [0, 0.05) is 19.6 Å². The smallest absolute Gasteiger partial charge is 0.124 e. The zero-order valence-electron chi connectivity index (χ0n) is 13.1. The Labute approximate surface area is 127 Å². The van der Waals surface area contributed by atoms with Crippen LogP contribution in [0.25, 0.3) is 0 Å². The van der Waals surface area contributed by atoms with Gasteiger partial charge in [-0.2, -0.15) is 5.26 Å². The summed E-state index contributed by atoms with van der Waals surface area (Å²) >= 11 is 0. The van der Waals surface area contributed by atoms with Gasteiger partial charge in [-0.15, -0.1) is 0 Å². The Hall–Kier alpha value is -1.41. The van der Waals surface area contributed by atoms with E-state index in [2.05, 4.69) is 54.0 Å². The van der Waals surface area contributed by atoms with E-state index in [1.807, 2.05) is 0 Å². The van der Waals surface area contributed by atoms with Crippen molar-refractivity contribution in [3.8, 4) is 6.07 Å². The topological polar surface area (TPSA) is 39.5 Å². The van der Waals surface area contributed by atoms with Crippen LogP contribution in [0.1, 0.15) is 31.0 Å². The molecule has 1 fully saturated rings. The van der Waals surface area contributed by atoms with Crippen LogP contribution in [0.3, 0.4) is 0 Å². The average Bonchev–Trinajstić information content (AvgIpc) is 2.55. The van der Waals surface area contributed by atoms with Gasteiger partial charge in [-0.3, -0.25) is 9.80 Å². The Balaban J connectivity index is 2.04. The van der Waals surface area contributed by atoms with Gasteiger partial charge < -0.3 is 4.74 Å². The highest BCUT2D eigenvalue weighted by Gasteiger charge is 2.22. The van der Waals surface area contributed by atoms with Gasteiger partial charge in [0.05, 0.1) is 19.3 Å². The van der Waals surface area contributed by atoms with Crippen LogP contribution >= 0.6 is 0 Å². The van der Waals surface area contributed by atoms with Crippen molar-refractivity contribution in [1.29, 1.82) is 5.26 Å². The lowest BCUT2D eigenvalue weighted by molar-refractivity contribution is 0.0266. The molecule has 1 aromatic carbocycles. The summed E-state index contributed by atoms with van der Waals surface area (Å²) in [5, 5.41) is 9.48. The standard InChI is InChI=1S/C17H25N3O/c1-3-19(4-2)14-15-5-7-16(8-6-15)17(13-18)20-9-11-21-12-10-20/h5-8,17H,3-4,9-12,14H2,1-2H3. The number of ether oxygens (including phenoxy) is 1. The number of nitrogens with zero attached hydrogens (tertiary/aromatic N) is 3. The molecule has 0 radical (unpaired) electrons. The van der Waals surface area contributed by atoms with Gasteiger partial charge >= 0.3 is 0 Å². The molecular weight excluding hydrogens is 262 g/mol. The summed E-state index contributed by atoms with van der Waals surface area (Å²) in [4.78, 5) is 4.58. The predicted octanol–water partition coefficient (Wildman–Crippen LogP) is 2.43. The highest BCUT2D eigenvalue weighted by Crippen LogP contribution is 2.21. The second-order valence-electron chi connectivity index (χ2n) is 5.38. The lowest BCUT2D eigenvalue weighted by Gasteiger charge is -2.30. The molecule has 1 aromatic rings. The van der Waals surface area contributed by atoms with E-state index in [0.29, 0.717) is 0 Å². The van der Waals surface area contributed by atoms with Crippen molar-refractivity contribution in [1.82, 2.24) is 9.80 Å². The van der Waals surface area contributed by atoms with Gasteiger partial charge in [0.1, 0.15) is 6.04 Å². The molecule has 0 bridgehead atoms. The fourth-order valence-corrected chi connectivity index (χ4v) is 2.71. The van der Waals surface area contributed by atoms with Crippen molar-refractivity contribution in [2.24, 2.45) is 0 Å². The third kappa shape index (κ3) is 4.28. The molecule has 1 aliphatic rings. The molecule has 1 atom stereocenters. The Morgan fingerprint density at radius 2 is 1.81 bits per heavy atom. The van der Waals surface area contributed by atoms with Gasteiger partial charge in [0.25, 0.3) is 0 Å². The lowest BCUT2D eigenvalue weighted by atomic mass is 10.0. The first kappa shape index (κ1) is 16.0. The monoisotopic (exact) mass is 287 g/mol. The molecule has 1 saturated heterocycles. The van der Waals surface area contributed by atoms with Crippen molar-refractivity contribution in [2.45, 2.75) is 26.4 Å². The molecule has 0 N–H and O–H groups in total.